The number of carbonyl (C=O) groups excluding carboxylic acids is 1. The molecular weight excluding hydrogens is 373 g/mol. The molecule has 2 rings (SSSR count). The summed E-state index contributed by atoms with van der Waals surface area (Å²) in [5.74, 6) is -1.19. The lowest BCUT2D eigenvalue weighted by Gasteiger charge is -2.16. The van der Waals surface area contributed by atoms with Gasteiger partial charge < -0.3 is 10.1 Å². The number of pyridine rings is 1. The van der Waals surface area contributed by atoms with Crippen LogP contribution in [0.5, 0.6) is 0 Å². The molecule has 1 heterocycles. The lowest BCUT2D eigenvalue weighted by molar-refractivity contribution is 0.0527. The van der Waals surface area contributed by atoms with E-state index in [1.165, 1.54) is 18.2 Å². The number of nitrogens with one attached hydrogen (secondary N) is 1. The molecule has 134 valence electrons. The lowest BCUT2D eigenvalue weighted by atomic mass is 10.1. The van der Waals surface area contributed by atoms with Gasteiger partial charge in [-0.1, -0.05) is 11.6 Å². The Labute approximate surface area is 149 Å². The highest BCUT2D eigenvalue weighted by Crippen LogP contribution is 2.34. The number of halogens is 2. The molecule has 0 spiro atoms. The molecule has 0 aliphatic heterocycles. The predicted octanol–water partition coefficient (Wildman–Crippen LogP) is 2.75. The van der Waals surface area contributed by atoms with Crippen LogP contribution in [0.2, 0.25) is 5.02 Å². The van der Waals surface area contributed by atoms with Gasteiger partial charge >= 0.3 is 5.97 Å². The first-order chi connectivity index (χ1) is 11.6. The summed E-state index contributed by atoms with van der Waals surface area (Å²) >= 11 is 6.11. The van der Waals surface area contributed by atoms with E-state index in [4.69, 9.17) is 21.5 Å². The monoisotopic (exact) mass is 387 g/mol. The number of aromatic nitrogens is 1. The highest BCUT2D eigenvalue weighted by molar-refractivity contribution is 7.89. The molecule has 0 fully saturated rings. The molecule has 7 nitrogen and oxygen atoms in total. The van der Waals surface area contributed by atoms with Gasteiger partial charge in [0.05, 0.1) is 12.3 Å². The molecule has 0 aliphatic rings. The van der Waals surface area contributed by atoms with Gasteiger partial charge in [0, 0.05) is 11.9 Å². The second-order valence-electron chi connectivity index (χ2n) is 5.02. The van der Waals surface area contributed by atoms with Crippen LogP contribution < -0.4 is 10.5 Å². The molecule has 0 aliphatic carbocycles. The second-order valence-corrected chi connectivity index (χ2v) is 6.87. The van der Waals surface area contributed by atoms with Gasteiger partial charge in [0.2, 0.25) is 0 Å². The van der Waals surface area contributed by atoms with Crippen LogP contribution in [-0.2, 0) is 14.8 Å². The van der Waals surface area contributed by atoms with E-state index in [-0.39, 0.29) is 22.9 Å². The van der Waals surface area contributed by atoms with Gasteiger partial charge in [-0.15, -0.1) is 0 Å². The minimum absolute atomic E-state index is 0.0474. The predicted molar refractivity (Wildman–Crippen MR) is 91.0 cm³/mol. The smallest absolute Gasteiger partial charge is 0.341 e. The van der Waals surface area contributed by atoms with Crippen molar-refractivity contribution in [3.05, 3.63) is 46.4 Å². The summed E-state index contributed by atoms with van der Waals surface area (Å²) in [6, 6.07) is 3.89. The Morgan fingerprint density at radius 3 is 2.68 bits per heavy atom. The second kappa shape index (κ2) is 7.34. The number of primary sulfonamides is 1. The highest BCUT2D eigenvalue weighted by Gasteiger charge is 2.24. The molecule has 25 heavy (non-hydrogen) atoms. The van der Waals surface area contributed by atoms with E-state index in [9.17, 15) is 17.6 Å². The highest BCUT2D eigenvalue weighted by atomic mass is 35.5. The third-order valence-corrected chi connectivity index (χ3v) is 4.53. The number of benzene rings is 1. The molecule has 0 unspecified atom stereocenters. The average molecular weight is 388 g/mol. The first-order valence-corrected chi connectivity index (χ1v) is 8.99. The van der Waals surface area contributed by atoms with E-state index in [0.29, 0.717) is 11.3 Å². The van der Waals surface area contributed by atoms with Crippen molar-refractivity contribution in [2.75, 3.05) is 11.9 Å². The van der Waals surface area contributed by atoms with Gasteiger partial charge in [-0.2, -0.15) is 0 Å². The van der Waals surface area contributed by atoms with Gasteiger partial charge in [0.25, 0.3) is 10.0 Å². The molecule has 0 amide bonds. The summed E-state index contributed by atoms with van der Waals surface area (Å²) in [7, 11) is -4.22. The Bertz CT molecular complexity index is 935. The summed E-state index contributed by atoms with van der Waals surface area (Å²) in [6.07, 6.45) is 1.00. The largest absolute Gasteiger partial charge is 0.462 e. The third kappa shape index (κ3) is 4.25. The van der Waals surface area contributed by atoms with Crippen LogP contribution >= 0.6 is 11.6 Å². The summed E-state index contributed by atoms with van der Waals surface area (Å²) in [5.41, 5.74) is 0.803. The number of sulfonamides is 1. The van der Waals surface area contributed by atoms with Crippen LogP contribution in [0.3, 0.4) is 0 Å². The standard InChI is InChI=1S/C15H15ClFN3O4S/c1-3-24-15(21)10-7-19-14(25(18,22)23)12(16)13(10)20-11-5-4-9(17)6-8(11)2/h4-7H,3H2,1-2H3,(H,19,20)(H2,18,22,23). The number of rotatable bonds is 5. The molecular formula is C15H15ClFN3O4S. The average Bonchev–Trinajstić information content (AvgIpc) is 2.50. The lowest BCUT2D eigenvalue weighted by Crippen LogP contribution is -2.17. The summed E-state index contributed by atoms with van der Waals surface area (Å²) in [4.78, 5) is 15.8. The van der Waals surface area contributed by atoms with E-state index in [0.717, 1.165) is 6.20 Å². The number of nitrogens with two attached hydrogens (primary N) is 1. The minimum atomic E-state index is -4.22. The molecule has 0 radical (unpaired) electrons. The van der Waals surface area contributed by atoms with Crippen LogP contribution in [-0.4, -0.2) is 26.0 Å². The summed E-state index contributed by atoms with van der Waals surface area (Å²) in [6.45, 7) is 3.34. The first kappa shape index (κ1) is 19.1. The number of ether oxygens (including phenoxy) is 1. The number of nitrogens with zero attached hydrogens (tertiary/aromatic N) is 1. The van der Waals surface area contributed by atoms with Crippen LogP contribution in [0.25, 0.3) is 0 Å². The van der Waals surface area contributed by atoms with Crippen molar-refractivity contribution in [2.24, 2.45) is 5.14 Å². The number of aryl methyl sites for hydroxylation is 1. The Kier molecular flexibility index (Phi) is 5.61. The Morgan fingerprint density at radius 1 is 1.44 bits per heavy atom. The maximum absolute atomic E-state index is 13.3. The summed E-state index contributed by atoms with van der Waals surface area (Å²) < 4.78 is 41.4. The van der Waals surface area contributed by atoms with Gasteiger partial charge in [-0.25, -0.2) is 27.7 Å². The fraction of sp³-hybridized carbons (Fsp3) is 0.200. The molecule has 2 aromatic rings. The van der Waals surface area contributed by atoms with E-state index in [1.54, 1.807) is 13.8 Å². The fourth-order valence-corrected chi connectivity index (χ4v) is 3.13. The fourth-order valence-electron chi connectivity index (χ4n) is 2.06. The number of esters is 1. The molecule has 0 saturated carbocycles. The van der Waals surface area contributed by atoms with Crippen molar-refractivity contribution < 1.29 is 22.3 Å². The van der Waals surface area contributed by atoms with Crippen LogP contribution in [0.4, 0.5) is 15.8 Å². The molecule has 0 bridgehead atoms. The van der Waals surface area contributed by atoms with Gasteiger partial charge in [-0.05, 0) is 37.6 Å². The topological polar surface area (TPSA) is 111 Å². The van der Waals surface area contributed by atoms with Crippen LogP contribution in [0.1, 0.15) is 22.8 Å². The van der Waals surface area contributed by atoms with Gasteiger partial charge in [0.1, 0.15) is 16.4 Å². The molecule has 0 saturated heterocycles. The number of anilines is 2. The minimum Gasteiger partial charge on any atom is -0.462 e. The van der Waals surface area contributed by atoms with E-state index < -0.39 is 26.8 Å². The normalized spacial score (nSPS) is 11.2. The molecule has 10 heteroatoms. The Balaban J connectivity index is 2.64. The number of carbonyl (C=O) groups is 1. The Hall–Kier alpha value is -2.23. The number of hydrogen-bond acceptors (Lipinski definition) is 6. The zero-order valence-corrected chi connectivity index (χ0v) is 14.9. The van der Waals surface area contributed by atoms with Crippen molar-refractivity contribution in [1.82, 2.24) is 4.98 Å². The SMILES string of the molecule is CCOC(=O)c1cnc(S(N)(=O)=O)c(Cl)c1Nc1ccc(F)cc1C. The first-order valence-electron chi connectivity index (χ1n) is 7.06. The summed E-state index contributed by atoms with van der Waals surface area (Å²) in [5, 5.41) is 6.96. The van der Waals surface area contributed by atoms with Crippen molar-refractivity contribution in [1.29, 1.82) is 0 Å². The van der Waals surface area contributed by atoms with E-state index in [2.05, 4.69) is 10.3 Å². The zero-order chi connectivity index (χ0) is 18.8. The molecule has 1 aromatic carbocycles. The number of hydrogen-bond donors (Lipinski definition) is 2. The van der Waals surface area contributed by atoms with Gasteiger partial charge in [0.15, 0.2) is 5.03 Å². The maximum atomic E-state index is 13.3. The maximum Gasteiger partial charge on any atom is 0.341 e. The van der Waals surface area contributed by atoms with Crippen molar-refractivity contribution >= 4 is 39.0 Å². The third-order valence-electron chi connectivity index (χ3n) is 3.20. The zero-order valence-electron chi connectivity index (χ0n) is 13.3. The van der Waals surface area contributed by atoms with Gasteiger partial charge in [-0.3, -0.25) is 0 Å². The Morgan fingerprint density at radius 2 is 2.12 bits per heavy atom. The van der Waals surface area contributed by atoms with Crippen LogP contribution in [0.15, 0.2) is 29.4 Å². The van der Waals surface area contributed by atoms with Crippen LogP contribution in [0, 0.1) is 12.7 Å². The van der Waals surface area contributed by atoms with Crippen molar-refractivity contribution in [3.63, 3.8) is 0 Å². The van der Waals surface area contributed by atoms with Crippen molar-refractivity contribution in [3.8, 4) is 0 Å². The molecule has 0 atom stereocenters. The molecule has 1 aromatic heterocycles. The quantitative estimate of drug-likeness (QED) is 0.763. The van der Waals surface area contributed by atoms with E-state index >= 15 is 0 Å². The van der Waals surface area contributed by atoms with E-state index in [1.807, 2.05) is 0 Å². The molecule has 3 N–H and O–H groups in total. The van der Waals surface area contributed by atoms with Crippen molar-refractivity contribution in [2.45, 2.75) is 18.9 Å².